The summed E-state index contributed by atoms with van der Waals surface area (Å²) in [6, 6.07) is 16.3. The van der Waals surface area contributed by atoms with E-state index in [9.17, 15) is 0 Å². The molecule has 0 atom stereocenters. The van der Waals surface area contributed by atoms with E-state index in [2.05, 4.69) is 77.1 Å². The van der Waals surface area contributed by atoms with Gasteiger partial charge in [0, 0.05) is 5.41 Å². The number of hydrogen-bond acceptors (Lipinski definition) is 0. The van der Waals surface area contributed by atoms with Gasteiger partial charge >= 0.3 is 0 Å². The number of benzene rings is 2. The maximum Gasteiger partial charge on any atom is 0.0218 e. The molecule has 0 aromatic heterocycles. The smallest absolute Gasteiger partial charge is 0.0218 e. The van der Waals surface area contributed by atoms with Gasteiger partial charge < -0.3 is 0 Å². The zero-order chi connectivity index (χ0) is 19.5. The summed E-state index contributed by atoms with van der Waals surface area (Å²) in [5, 5.41) is 0. The number of hydrogen-bond donors (Lipinski definition) is 0. The van der Waals surface area contributed by atoms with Crippen LogP contribution >= 0.6 is 0 Å². The van der Waals surface area contributed by atoms with Crippen molar-refractivity contribution in [3.8, 4) is 11.1 Å². The average Bonchev–Trinajstić information content (AvgIpc) is 2.92. The predicted molar refractivity (Wildman–Crippen MR) is 120 cm³/mol. The lowest BCUT2D eigenvalue weighted by molar-refractivity contribution is 0.396. The Kier molecular flexibility index (Phi) is 6.14. The van der Waals surface area contributed by atoms with Gasteiger partial charge in [-0.05, 0) is 46.1 Å². The van der Waals surface area contributed by atoms with Crippen LogP contribution in [0.15, 0.2) is 42.5 Å². The van der Waals surface area contributed by atoms with Gasteiger partial charge in [0.15, 0.2) is 0 Å². The van der Waals surface area contributed by atoms with Crippen LogP contribution in [0.1, 0.15) is 103 Å². The van der Waals surface area contributed by atoms with Crippen LogP contribution in [-0.2, 0) is 10.8 Å². The first-order valence-electron chi connectivity index (χ1n) is 11.2. The highest BCUT2D eigenvalue weighted by Crippen LogP contribution is 2.56. The van der Waals surface area contributed by atoms with Crippen LogP contribution in [0.3, 0.4) is 0 Å². The number of fused-ring (bicyclic) bond motifs is 3. The normalized spacial score (nSPS) is 14.9. The molecule has 2 aromatic rings. The molecule has 0 N–H and O–H groups in total. The lowest BCUT2D eigenvalue weighted by Gasteiger charge is -2.37. The van der Waals surface area contributed by atoms with Gasteiger partial charge in [-0.1, -0.05) is 116 Å². The van der Waals surface area contributed by atoms with Crippen molar-refractivity contribution >= 4 is 0 Å². The van der Waals surface area contributed by atoms with Crippen LogP contribution in [0.25, 0.3) is 11.1 Å². The molecule has 0 spiro atoms. The van der Waals surface area contributed by atoms with Gasteiger partial charge in [0.05, 0.1) is 0 Å². The van der Waals surface area contributed by atoms with Gasteiger partial charge in [0.1, 0.15) is 0 Å². The van der Waals surface area contributed by atoms with Crippen LogP contribution in [-0.4, -0.2) is 0 Å². The van der Waals surface area contributed by atoms with E-state index in [1.165, 1.54) is 62.5 Å². The van der Waals surface area contributed by atoms with E-state index in [1.54, 1.807) is 16.7 Å². The van der Waals surface area contributed by atoms with Crippen molar-refractivity contribution in [3.63, 3.8) is 0 Å². The van der Waals surface area contributed by atoms with Crippen molar-refractivity contribution < 1.29 is 0 Å². The second kappa shape index (κ2) is 8.21. The van der Waals surface area contributed by atoms with E-state index in [0.717, 1.165) is 0 Å². The topological polar surface area (TPSA) is 0 Å². The second-order valence-corrected chi connectivity index (χ2v) is 9.52. The van der Waals surface area contributed by atoms with Crippen molar-refractivity contribution in [2.75, 3.05) is 0 Å². The molecule has 146 valence electrons. The van der Waals surface area contributed by atoms with Gasteiger partial charge in [-0.3, -0.25) is 0 Å². The summed E-state index contributed by atoms with van der Waals surface area (Å²) >= 11 is 0. The molecule has 0 saturated carbocycles. The van der Waals surface area contributed by atoms with Crippen LogP contribution in [0, 0.1) is 0 Å². The molecule has 0 amide bonds. The second-order valence-electron chi connectivity index (χ2n) is 9.52. The van der Waals surface area contributed by atoms with Crippen LogP contribution in [0.5, 0.6) is 0 Å². The average molecular weight is 363 g/mol. The molecule has 1 aliphatic carbocycles. The molecule has 0 radical (unpaired) electrons. The van der Waals surface area contributed by atoms with Gasteiger partial charge in [0.25, 0.3) is 0 Å². The van der Waals surface area contributed by atoms with Crippen LogP contribution < -0.4 is 0 Å². The molecule has 0 bridgehead atoms. The first-order chi connectivity index (χ1) is 13.0. The summed E-state index contributed by atoms with van der Waals surface area (Å²) in [6.07, 6.45) is 10.5. The van der Waals surface area contributed by atoms with E-state index < -0.39 is 0 Å². The van der Waals surface area contributed by atoms with E-state index in [-0.39, 0.29) is 10.8 Å². The minimum Gasteiger partial charge on any atom is -0.0654 e. The SMILES string of the molecule is CCCCCC1(CCCCC)c2ccccc2-c2cccc(C(C)(C)C)c21. The molecule has 27 heavy (non-hydrogen) atoms. The molecule has 0 saturated heterocycles. The fraction of sp³-hybridized carbons (Fsp3) is 0.556. The molecule has 0 unspecified atom stereocenters. The largest absolute Gasteiger partial charge is 0.0654 e. The maximum atomic E-state index is 2.43. The zero-order valence-electron chi connectivity index (χ0n) is 18.2. The summed E-state index contributed by atoms with van der Waals surface area (Å²) in [6.45, 7) is 11.8. The predicted octanol–water partition coefficient (Wildman–Crippen LogP) is 8.41. The third kappa shape index (κ3) is 3.73. The van der Waals surface area contributed by atoms with E-state index in [0.29, 0.717) is 0 Å². The lowest BCUT2D eigenvalue weighted by atomic mass is 9.66. The fourth-order valence-electron chi connectivity index (χ4n) is 5.19. The first kappa shape index (κ1) is 20.2. The Morgan fingerprint density at radius 1 is 0.704 bits per heavy atom. The molecular formula is C27H38. The molecule has 3 rings (SSSR count). The maximum absolute atomic E-state index is 2.43. The van der Waals surface area contributed by atoms with Gasteiger partial charge in [-0.25, -0.2) is 0 Å². The first-order valence-corrected chi connectivity index (χ1v) is 11.2. The summed E-state index contributed by atoms with van der Waals surface area (Å²) in [7, 11) is 0. The molecular weight excluding hydrogens is 324 g/mol. The number of unbranched alkanes of at least 4 members (excludes halogenated alkanes) is 4. The minimum absolute atomic E-state index is 0.175. The molecule has 0 aliphatic heterocycles. The highest BCUT2D eigenvalue weighted by Gasteiger charge is 2.44. The Morgan fingerprint density at radius 2 is 1.30 bits per heavy atom. The molecule has 0 heterocycles. The van der Waals surface area contributed by atoms with Crippen molar-refractivity contribution in [2.24, 2.45) is 0 Å². The standard InChI is InChI=1S/C27H38/c1-6-8-12-19-27(20-13-9-7-2)23-17-11-10-15-21(23)22-16-14-18-24(25(22)27)26(3,4)5/h10-11,14-18H,6-9,12-13,19-20H2,1-5H3. The van der Waals surface area contributed by atoms with Crippen molar-refractivity contribution in [2.45, 2.75) is 96.8 Å². The van der Waals surface area contributed by atoms with Crippen molar-refractivity contribution in [1.82, 2.24) is 0 Å². The Labute approximate surface area is 167 Å². The number of rotatable bonds is 8. The molecule has 0 fully saturated rings. The Bertz CT molecular complexity index is 750. The minimum atomic E-state index is 0.175. The highest BCUT2D eigenvalue weighted by atomic mass is 14.5. The lowest BCUT2D eigenvalue weighted by Crippen LogP contribution is -2.29. The van der Waals surface area contributed by atoms with Crippen LogP contribution in [0.4, 0.5) is 0 Å². The van der Waals surface area contributed by atoms with E-state index in [1.807, 2.05) is 0 Å². The van der Waals surface area contributed by atoms with Gasteiger partial charge in [-0.2, -0.15) is 0 Å². The molecule has 2 aromatic carbocycles. The summed E-state index contributed by atoms with van der Waals surface area (Å²) in [5.41, 5.74) is 8.20. The fourth-order valence-corrected chi connectivity index (χ4v) is 5.19. The molecule has 0 heteroatoms. The van der Waals surface area contributed by atoms with E-state index >= 15 is 0 Å². The summed E-state index contributed by atoms with van der Waals surface area (Å²) in [5.74, 6) is 0. The summed E-state index contributed by atoms with van der Waals surface area (Å²) < 4.78 is 0. The Hall–Kier alpha value is -1.56. The Morgan fingerprint density at radius 3 is 1.89 bits per heavy atom. The quantitative estimate of drug-likeness (QED) is 0.413. The van der Waals surface area contributed by atoms with Crippen molar-refractivity contribution in [3.05, 3.63) is 59.2 Å². The van der Waals surface area contributed by atoms with Crippen molar-refractivity contribution in [1.29, 1.82) is 0 Å². The zero-order valence-corrected chi connectivity index (χ0v) is 18.2. The summed E-state index contributed by atoms with van der Waals surface area (Å²) in [4.78, 5) is 0. The van der Waals surface area contributed by atoms with Crippen LogP contribution in [0.2, 0.25) is 0 Å². The van der Waals surface area contributed by atoms with E-state index in [4.69, 9.17) is 0 Å². The highest BCUT2D eigenvalue weighted by molar-refractivity contribution is 5.82. The monoisotopic (exact) mass is 362 g/mol. The molecule has 0 nitrogen and oxygen atoms in total. The van der Waals surface area contributed by atoms with Gasteiger partial charge in [0.2, 0.25) is 0 Å². The Balaban J connectivity index is 2.21. The van der Waals surface area contributed by atoms with Gasteiger partial charge in [-0.15, -0.1) is 0 Å². The third-order valence-electron chi connectivity index (χ3n) is 6.50. The third-order valence-corrected chi connectivity index (χ3v) is 6.50. The molecule has 1 aliphatic rings.